The Balaban J connectivity index is 1.76. The second-order valence-corrected chi connectivity index (χ2v) is 12.4. The van der Waals surface area contributed by atoms with Crippen LogP contribution in [0.25, 0.3) is 0 Å². The van der Waals surface area contributed by atoms with Gasteiger partial charge in [0.05, 0.1) is 0 Å². The van der Waals surface area contributed by atoms with Crippen molar-refractivity contribution in [1.29, 1.82) is 0 Å². The fourth-order valence-electron chi connectivity index (χ4n) is 6.77. The van der Waals surface area contributed by atoms with Crippen LogP contribution in [0.5, 0.6) is 0 Å². The Kier molecular flexibility index (Phi) is 7.01. The lowest BCUT2D eigenvalue weighted by Gasteiger charge is -2.40. The minimum absolute atomic E-state index is 0.736. The molecule has 2 heterocycles. The van der Waals surface area contributed by atoms with E-state index in [0.717, 1.165) is 44.5 Å². The second-order valence-electron chi connectivity index (χ2n) is 11.6. The maximum Gasteiger partial charge on any atom is 0.700 e. The molecule has 0 N–H and O–H groups in total. The van der Waals surface area contributed by atoms with E-state index in [2.05, 4.69) is 0 Å². The van der Waals surface area contributed by atoms with E-state index in [9.17, 15) is 4.57 Å². The number of benzene rings is 4. The van der Waals surface area contributed by atoms with Gasteiger partial charge in [-0.05, 0) is 86.1 Å². The van der Waals surface area contributed by atoms with Crippen molar-refractivity contribution < 1.29 is 23.1 Å². The van der Waals surface area contributed by atoms with Crippen molar-refractivity contribution in [3.63, 3.8) is 0 Å². The van der Waals surface area contributed by atoms with Gasteiger partial charge in [-0.15, -0.1) is 0 Å². The fourth-order valence-corrected chi connectivity index (χ4v) is 7.88. The molecular formula is C35H36O5P+. The van der Waals surface area contributed by atoms with Crippen LogP contribution in [0.4, 0.5) is 0 Å². The summed E-state index contributed by atoms with van der Waals surface area (Å²) in [5.74, 6) is -0.988. The van der Waals surface area contributed by atoms with Crippen LogP contribution in [0.1, 0.15) is 58.4 Å². The lowest BCUT2D eigenvalue weighted by molar-refractivity contribution is -0.174. The van der Waals surface area contributed by atoms with Crippen molar-refractivity contribution in [2.75, 3.05) is 0 Å². The molecule has 2 atom stereocenters. The van der Waals surface area contributed by atoms with E-state index in [1.165, 1.54) is 0 Å². The quantitative estimate of drug-likeness (QED) is 0.232. The molecule has 0 spiro atoms. The average molecular weight is 568 g/mol. The van der Waals surface area contributed by atoms with Crippen LogP contribution >= 0.6 is 8.25 Å². The highest BCUT2D eigenvalue weighted by atomic mass is 31.1. The predicted octanol–water partition coefficient (Wildman–Crippen LogP) is 8.33. The lowest BCUT2D eigenvalue weighted by atomic mass is 9.69. The predicted molar refractivity (Wildman–Crippen MR) is 160 cm³/mol. The zero-order chi connectivity index (χ0) is 29.0. The molecule has 5 nitrogen and oxygen atoms in total. The van der Waals surface area contributed by atoms with E-state index in [1.54, 1.807) is 0 Å². The molecule has 0 aliphatic carbocycles. The Morgan fingerprint density at radius 1 is 0.512 bits per heavy atom. The van der Waals surface area contributed by atoms with E-state index < -0.39 is 37.5 Å². The summed E-state index contributed by atoms with van der Waals surface area (Å²) in [5.41, 5.74) is 4.83. The van der Waals surface area contributed by atoms with Crippen LogP contribution < -0.4 is 0 Å². The third-order valence-corrected chi connectivity index (χ3v) is 9.39. The van der Waals surface area contributed by atoms with Gasteiger partial charge in [-0.25, -0.2) is 0 Å². The standard InChI is InChI=1S/C35H36O5P/c1-23-15-7-11-19-27(23)34(28-20-12-8-16-24(28)2)31-32(38-33(5,6)37-31)35(40-41(36)39-34,29-21-13-9-17-25(29)3)30-22-14-10-18-26(30)4/h7-22,31-32H,1-6H3/q+1/t31-,32-/m1/s1. The summed E-state index contributed by atoms with van der Waals surface area (Å²) >= 11 is 0. The zero-order valence-electron chi connectivity index (χ0n) is 24.4. The number of ether oxygens (including phenoxy) is 2. The van der Waals surface area contributed by atoms with E-state index in [-0.39, 0.29) is 0 Å². The van der Waals surface area contributed by atoms with Gasteiger partial charge >= 0.3 is 8.25 Å². The van der Waals surface area contributed by atoms with Gasteiger partial charge in [0.1, 0.15) is 12.2 Å². The lowest BCUT2D eigenvalue weighted by Crippen LogP contribution is -2.54. The minimum Gasteiger partial charge on any atom is -0.340 e. The summed E-state index contributed by atoms with van der Waals surface area (Å²) in [6.45, 7) is 12.0. The number of fused-ring (bicyclic) bond motifs is 1. The van der Waals surface area contributed by atoms with Crippen molar-refractivity contribution in [3.05, 3.63) is 142 Å². The molecule has 210 valence electrons. The highest BCUT2D eigenvalue weighted by Gasteiger charge is 2.72. The molecule has 2 aliphatic heterocycles. The van der Waals surface area contributed by atoms with Gasteiger partial charge in [-0.3, -0.25) is 0 Å². The molecule has 4 aromatic rings. The Bertz CT molecular complexity index is 1420. The summed E-state index contributed by atoms with van der Waals surface area (Å²) < 4.78 is 41.9. The number of hydrogen-bond acceptors (Lipinski definition) is 5. The van der Waals surface area contributed by atoms with Crippen molar-refractivity contribution in [3.8, 4) is 0 Å². The maximum atomic E-state index is 14.4. The molecule has 0 radical (unpaired) electrons. The molecule has 41 heavy (non-hydrogen) atoms. The van der Waals surface area contributed by atoms with E-state index in [1.807, 2.05) is 139 Å². The topological polar surface area (TPSA) is 54.0 Å². The van der Waals surface area contributed by atoms with Gasteiger partial charge in [0.15, 0.2) is 5.79 Å². The monoisotopic (exact) mass is 567 g/mol. The molecule has 0 unspecified atom stereocenters. The van der Waals surface area contributed by atoms with E-state index in [4.69, 9.17) is 18.5 Å². The molecule has 0 bridgehead atoms. The molecule has 2 fully saturated rings. The average Bonchev–Trinajstić information content (AvgIpc) is 3.23. The number of hydrogen-bond donors (Lipinski definition) is 0. The zero-order valence-corrected chi connectivity index (χ0v) is 25.3. The summed E-state index contributed by atoms with van der Waals surface area (Å²) in [4.78, 5) is 0. The first-order chi connectivity index (χ1) is 19.6. The van der Waals surface area contributed by atoms with Crippen LogP contribution in [0.15, 0.2) is 97.1 Å². The Morgan fingerprint density at radius 3 is 1.05 bits per heavy atom. The van der Waals surface area contributed by atoms with Gasteiger partial charge in [0.25, 0.3) is 0 Å². The van der Waals surface area contributed by atoms with Crippen LogP contribution in [0, 0.1) is 27.7 Å². The van der Waals surface area contributed by atoms with Gasteiger partial charge < -0.3 is 9.47 Å². The summed E-state index contributed by atoms with van der Waals surface area (Å²) in [6.07, 6.45) is -1.47. The van der Waals surface area contributed by atoms with Crippen molar-refractivity contribution in [2.24, 2.45) is 0 Å². The summed E-state index contributed by atoms with van der Waals surface area (Å²) in [7, 11) is -2.70. The van der Waals surface area contributed by atoms with Crippen molar-refractivity contribution >= 4 is 8.25 Å². The van der Waals surface area contributed by atoms with Gasteiger partial charge in [-0.2, -0.15) is 0 Å². The fraction of sp³-hybridized carbons (Fsp3) is 0.314. The van der Waals surface area contributed by atoms with E-state index >= 15 is 0 Å². The number of aryl methyl sites for hydroxylation is 4. The highest BCUT2D eigenvalue weighted by molar-refractivity contribution is 7.33. The molecule has 0 amide bonds. The van der Waals surface area contributed by atoms with Crippen molar-refractivity contribution in [1.82, 2.24) is 0 Å². The molecule has 2 saturated heterocycles. The van der Waals surface area contributed by atoms with Crippen molar-refractivity contribution in [2.45, 2.75) is 70.7 Å². The summed E-state index contributed by atoms with van der Waals surface area (Å²) in [5, 5.41) is 0. The minimum atomic E-state index is -2.70. The largest absolute Gasteiger partial charge is 0.700 e. The van der Waals surface area contributed by atoms with Crippen LogP contribution in [0.3, 0.4) is 0 Å². The molecular weight excluding hydrogens is 531 g/mol. The Labute approximate surface area is 243 Å². The first kappa shape index (κ1) is 28.0. The Hall–Kier alpha value is -3.18. The molecule has 0 saturated carbocycles. The normalized spacial score (nSPS) is 22.6. The van der Waals surface area contributed by atoms with Crippen LogP contribution in [-0.2, 0) is 34.3 Å². The Morgan fingerprint density at radius 2 is 0.780 bits per heavy atom. The molecule has 6 rings (SSSR count). The highest BCUT2D eigenvalue weighted by Crippen LogP contribution is 2.62. The molecule has 2 aliphatic rings. The smallest absolute Gasteiger partial charge is 0.340 e. The first-order valence-electron chi connectivity index (χ1n) is 14.1. The third kappa shape index (κ3) is 4.39. The molecule has 6 heteroatoms. The first-order valence-corrected chi connectivity index (χ1v) is 15.2. The van der Waals surface area contributed by atoms with Gasteiger partial charge in [0.2, 0.25) is 11.2 Å². The van der Waals surface area contributed by atoms with E-state index in [0.29, 0.717) is 0 Å². The maximum absolute atomic E-state index is 14.4. The summed E-state index contributed by atoms with van der Waals surface area (Å²) in [6, 6.07) is 32.2. The van der Waals surface area contributed by atoms with Crippen LogP contribution in [-0.4, -0.2) is 18.0 Å². The molecule has 4 aromatic carbocycles. The SMILES string of the molecule is Cc1ccccc1C1(c2ccccc2C)O[P+](=O)OC(c2ccccc2C)(c2ccccc2C)[C@@H]2OC(C)(C)O[C@H]21. The molecule has 0 aromatic heterocycles. The second kappa shape index (κ2) is 10.3. The third-order valence-electron chi connectivity index (χ3n) is 8.52. The van der Waals surface area contributed by atoms with Crippen LogP contribution in [0.2, 0.25) is 0 Å². The number of rotatable bonds is 4. The van der Waals surface area contributed by atoms with Gasteiger partial charge in [0, 0.05) is 4.57 Å². The van der Waals surface area contributed by atoms with Gasteiger partial charge in [-0.1, -0.05) is 106 Å².